The Morgan fingerprint density at radius 3 is 2.42 bits per heavy atom. The van der Waals surface area contributed by atoms with Crippen LogP contribution in [0.4, 0.5) is 0 Å². The fourth-order valence-electron chi connectivity index (χ4n) is 1.41. The van der Waals surface area contributed by atoms with Gasteiger partial charge < -0.3 is 5.73 Å². The van der Waals surface area contributed by atoms with Gasteiger partial charge in [0.05, 0.1) is 4.58 Å². The van der Waals surface area contributed by atoms with E-state index in [0.717, 1.165) is 5.92 Å². The minimum atomic E-state index is 0.403. The zero-order chi connectivity index (χ0) is 8.97. The molecule has 1 fully saturated rings. The van der Waals surface area contributed by atoms with Gasteiger partial charge in [0.2, 0.25) is 0 Å². The molecule has 12 heavy (non-hydrogen) atoms. The molecule has 0 aliphatic carbocycles. The molecule has 1 heterocycles. The van der Waals surface area contributed by atoms with Crippen LogP contribution < -0.4 is 5.73 Å². The van der Waals surface area contributed by atoms with Crippen LogP contribution in [0.25, 0.3) is 0 Å². The van der Waals surface area contributed by atoms with E-state index < -0.39 is 0 Å². The van der Waals surface area contributed by atoms with E-state index in [0.29, 0.717) is 10.6 Å². The van der Waals surface area contributed by atoms with Gasteiger partial charge in [0.1, 0.15) is 0 Å². The zero-order valence-electron chi connectivity index (χ0n) is 7.95. The standard InChI is InChI=1S/C9H19NS2/c1-7(2)6-8(10)9-11-4-3-5-12-9/h7-9H,3-6,10H2,1-2H3. The van der Waals surface area contributed by atoms with Crippen molar-refractivity contribution in [2.75, 3.05) is 11.5 Å². The Bertz CT molecular complexity index is 122. The van der Waals surface area contributed by atoms with E-state index in [2.05, 4.69) is 37.4 Å². The summed E-state index contributed by atoms with van der Waals surface area (Å²) >= 11 is 4.10. The van der Waals surface area contributed by atoms with E-state index in [1.54, 1.807) is 0 Å². The third-order valence-electron chi connectivity index (χ3n) is 1.95. The molecule has 1 aliphatic heterocycles. The van der Waals surface area contributed by atoms with E-state index in [1.807, 2.05) is 0 Å². The monoisotopic (exact) mass is 205 g/mol. The van der Waals surface area contributed by atoms with Crippen molar-refractivity contribution in [3.05, 3.63) is 0 Å². The maximum absolute atomic E-state index is 6.11. The number of hydrogen-bond acceptors (Lipinski definition) is 3. The van der Waals surface area contributed by atoms with E-state index in [-0.39, 0.29) is 0 Å². The van der Waals surface area contributed by atoms with Crippen molar-refractivity contribution in [2.45, 2.75) is 37.3 Å². The second-order valence-electron chi connectivity index (χ2n) is 3.76. The molecule has 0 aromatic rings. The number of hydrogen-bond donors (Lipinski definition) is 1. The Hall–Kier alpha value is 0.660. The Labute approximate surface area is 84.2 Å². The quantitative estimate of drug-likeness (QED) is 0.767. The molecule has 0 spiro atoms. The molecule has 0 amide bonds. The lowest BCUT2D eigenvalue weighted by atomic mass is 10.1. The van der Waals surface area contributed by atoms with Gasteiger partial charge in [-0.15, -0.1) is 23.5 Å². The van der Waals surface area contributed by atoms with Crippen molar-refractivity contribution in [3.8, 4) is 0 Å². The van der Waals surface area contributed by atoms with Crippen LogP contribution >= 0.6 is 23.5 Å². The van der Waals surface area contributed by atoms with Gasteiger partial charge in [-0.05, 0) is 30.3 Å². The Balaban J connectivity index is 2.24. The van der Waals surface area contributed by atoms with Crippen molar-refractivity contribution in [1.82, 2.24) is 0 Å². The Kier molecular flexibility index (Phi) is 4.84. The van der Waals surface area contributed by atoms with Crippen molar-refractivity contribution >= 4 is 23.5 Å². The van der Waals surface area contributed by atoms with Gasteiger partial charge in [0, 0.05) is 6.04 Å². The topological polar surface area (TPSA) is 26.0 Å². The lowest BCUT2D eigenvalue weighted by molar-refractivity contribution is 0.515. The van der Waals surface area contributed by atoms with Gasteiger partial charge in [-0.25, -0.2) is 0 Å². The summed E-state index contributed by atoms with van der Waals surface area (Å²) in [5.74, 6) is 3.36. The average Bonchev–Trinajstić information content (AvgIpc) is 2.05. The molecule has 1 atom stereocenters. The van der Waals surface area contributed by atoms with Crippen LogP contribution in [0.3, 0.4) is 0 Å². The molecule has 1 nitrogen and oxygen atoms in total. The first kappa shape index (κ1) is 10.7. The molecule has 0 radical (unpaired) electrons. The van der Waals surface area contributed by atoms with E-state index in [9.17, 15) is 0 Å². The molecule has 1 saturated heterocycles. The Morgan fingerprint density at radius 2 is 1.92 bits per heavy atom. The minimum Gasteiger partial charge on any atom is -0.326 e. The summed E-state index contributed by atoms with van der Waals surface area (Å²) in [5, 5.41) is 0. The molecular formula is C9H19NS2. The predicted octanol–water partition coefficient (Wildman–Crippen LogP) is 2.56. The van der Waals surface area contributed by atoms with Gasteiger partial charge in [0.15, 0.2) is 0 Å². The predicted molar refractivity (Wildman–Crippen MR) is 60.8 cm³/mol. The third-order valence-corrected chi connectivity index (χ3v) is 5.17. The van der Waals surface area contributed by atoms with E-state index >= 15 is 0 Å². The SMILES string of the molecule is CC(C)CC(N)C1SCCCS1. The second-order valence-corrected chi connectivity index (χ2v) is 6.55. The van der Waals surface area contributed by atoms with Crippen molar-refractivity contribution in [3.63, 3.8) is 0 Å². The summed E-state index contributed by atoms with van der Waals surface area (Å²) in [7, 11) is 0. The smallest absolute Gasteiger partial charge is 0.0653 e. The maximum Gasteiger partial charge on any atom is 0.0653 e. The van der Waals surface area contributed by atoms with Crippen LogP contribution in [0.1, 0.15) is 26.7 Å². The molecule has 0 bridgehead atoms. The second kappa shape index (κ2) is 5.40. The Morgan fingerprint density at radius 1 is 1.33 bits per heavy atom. The van der Waals surface area contributed by atoms with E-state index in [1.165, 1.54) is 24.3 Å². The van der Waals surface area contributed by atoms with Crippen LogP contribution in [0.15, 0.2) is 0 Å². The molecule has 1 unspecified atom stereocenters. The van der Waals surface area contributed by atoms with Gasteiger partial charge >= 0.3 is 0 Å². The molecular weight excluding hydrogens is 186 g/mol. The molecule has 72 valence electrons. The molecule has 0 aromatic carbocycles. The molecule has 1 aliphatic rings. The first-order valence-electron chi connectivity index (χ1n) is 4.69. The van der Waals surface area contributed by atoms with E-state index in [4.69, 9.17) is 5.73 Å². The maximum atomic E-state index is 6.11. The number of rotatable bonds is 3. The van der Waals surface area contributed by atoms with Crippen LogP contribution in [0.5, 0.6) is 0 Å². The normalized spacial score (nSPS) is 23.0. The highest BCUT2D eigenvalue weighted by Gasteiger charge is 2.21. The fraction of sp³-hybridized carbons (Fsp3) is 1.00. The number of nitrogens with two attached hydrogens (primary N) is 1. The molecule has 0 aromatic heterocycles. The summed E-state index contributed by atoms with van der Waals surface area (Å²) in [6.45, 7) is 4.50. The van der Waals surface area contributed by atoms with Crippen molar-refractivity contribution in [1.29, 1.82) is 0 Å². The lowest BCUT2D eigenvalue weighted by Crippen LogP contribution is -2.33. The summed E-state index contributed by atoms with van der Waals surface area (Å²) in [6, 6.07) is 0.403. The lowest BCUT2D eigenvalue weighted by Gasteiger charge is -2.27. The zero-order valence-corrected chi connectivity index (χ0v) is 9.59. The molecule has 3 heteroatoms. The van der Waals surface area contributed by atoms with Crippen LogP contribution in [-0.2, 0) is 0 Å². The van der Waals surface area contributed by atoms with Crippen molar-refractivity contribution in [2.24, 2.45) is 11.7 Å². The number of thioether (sulfide) groups is 2. The highest BCUT2D eigenvalue weighted by atomic mass is 32.2. The third kappa shape index (κ3) is 3.58. The average molecular weight is 205 g/mol. The molecule has 1 rings (SSSR count). The highest BCUT2D eigenvalue weighted by Crippen LogP contribution is 2.33. The summed E-state index contributed by atoms with van der Waals surface area (Å²) in [5.41, 5.74) is 6.11. The fourth-order valence-corrected chi connectivity index (χ4v) is 4.36. The van der Waals surface area contributed by atoms with Crippen LogP contribution in [-0.4, -0.2) is 22.1 Å². The summed E-state index contributed by atoms with van der Waals surface area (Å²) < 4.78 is 0.668. The molecule has 2 N–H and O–H groups in total. The first-order chi connectivity index (χ1) is 5.70. The van der Waals surface area contributed by atoms with Gasteiger partial charge in [0.25, 0.3) is 0 Å². The van der Waals surface area contributed by atoms with Crippen LogP contribution in [0, 0.1) is 5.92 Å². The first-order valence-corrected chi connectivity index (χ1v) is 6.78. The van der Waals surface area contributed by atoms with Gasteiger partial charge in [-0.3, -0.25) is 0 Å². The molecule has 0 saturated carbocycles. The summed E-state index contributed by atoms with van der Waals surface area (Å²) in [4.78, 5) is 0. The van der Waals surface area contributed by atoms with Crippen LogP contribution in [0.2, 0.25) is 0 Å². The minimum absolute atomic E-state index is 0.403. The van der Waals surface area contributed by atoms with Gasteiger partial charge in [-0.2, -0.15) is 0 Å². The summed E-state index contributed by atoms with van der Waals surface area (Å²) in [6.07, 6.45) is 2.53. The highest BCUT2D eigenvalue weighted by molar-refractivity contribution is 8.17. The largest absolute Gasteiger partial charge is 0.326 e. The van der Waals surface area contributed by atoms with Gasteiger partial charge in [-0.1, -0.05) is 13.8 Å². The van der Waals surface area contributed by atoms with Crippen molar-refractivity contribution < 1.29 is 0 Å².